The maximum atomic E-state index is 12.4. The molecule has 4 nitrogen and oxygen atoms in total. The highest BCUT2D eigenvalue weighted by Crippen LogP contribution is 2.29. The van der Waals surface area contributed by atoms with Gasteiger partial charge in [0.2, 0.25) is 0 Å². The maximum Gasteiger partial charge on any atom is 0.410 e. The molecule has 1 aliphatic rings. The van der Waals surface area contributed by atoms with Crippen LogP contribution < -0.4 is 0 Å². The fraction of sp³-hybridized carbons (Fsp3) is 0.882. The predicted octanol–water partition coefficient (Wildman–Crippen LogP) is 4.03. The van der Waals surface area contributed by atoms with Gasteiger partial charge in [0.25, 0.3) is 0 Å². The van der Waals surface area contributed by atoms with Gasteiger partial charge in [0.05, 0.1) is 0 Å². The summed E-state index contributed by atoms with van der Waals surface area (Å²) in [5.41, 5.74) is -0.862. The van der Waals surface area contributed by atoms with Crippen LogP contribution >= 0.6 is 0 Å². The molecular weight excluding hydrogens is 266 g/mol. The van der Waals surface area contributed by atoms with Gasteiger partial charge < -0.3 is 9.64 Å². The van der Waals surface area contributed by atoms with Gasteiger partial charge in [0, 0.05) is 24.4 Å². The first-order chi connectivity index (χ1) is 9.40. The van der Waals surface area contributed by atoms with Crippen molar-refractivity contribution in [2.24, 2.45) is 11.3 Å². The van der Waals surface area contributed by atoms with Crippen molar-refractivity contribution in [3.63, 3.8) is 0 Å². The van der Waals surface area contributed by atoms with Crippen LogP contribution in [0.2, 0.25) is 0 Å². The Kier molecular flexibility index (Phi) is 5.46. The molecule has 1 amide bonds. The molecule has 0 N–H and O–H groups in total. The predicted molar refractivity (Wildman–Crippen MR) is 84.2 cm³/mol. The second-order valence-electron chi connectivity index (χ2n) is 8.33. The molecule has 1 fully saturated rings. The Morgan fingerprint density at radius 3 is 2.19 bits per heavy atom. The largest absolute Gasteiger partial charge is 0.444 e. The number of Topliss-reactive ketones (excluding diaryl/α,β-unsaturated/α-hetero) is 1. The average molecular weight is 297 g/mol. The zero-order valence-corrected chi connectivity index (χ0v) is 14.7. The highest BCUT2D eigenvalue weighted by Gasteiger charge is 2.35. The van der Waals surface area contributed by atoms with E-state index in [-0.39, 0.29) is 23.3 Å². The van der Waals surface area contributed by atoms with Gasteiger partial charge in [0.1, 0.15) is 11.4 Å². The van der Waals surface area contributed by atoms with Crippen molar-refractivity contribution < 1.29 is 14.3 Å². The highest BCUT2D eigenvalue weighted by atomic mass is 16.6. The number of ether oxygens (including phenoxy) is 1. The number of hydrogen-bond donors (Lipinski definition) is 0. The van der Waals surface area contributed by atoms with Gasteiger partial charge in [-0.25, -0.2) is 4.79 Å². The van der Waals surface area contributed by atoms with Crippen LogP contribution in [0.25, 0.3) is 0 Å². The Hall–Kier alpha value is -1.06. The smallest absolute Gasteiger partial charge is 0.410 e. The Morgan fingerprint density at radius 1 is 1.14 bits per heavy atom. The Balaban J connectivity index is 2.80. The molecule has 0 bridgehead atoms. The molecule has 4 heteroatoms. The molecule has 21 heavy (non-hydrogen) atoms. The molecule has 0 aromatic rings. The second kappa shape index (κ2) is 6.37. The molecule has 0 aromatic heterocycles. The lowest BCUT2D eigenvalue weighted by atomic mass is 9.83. The minimum Gasteiger partial charge on any atom is -0.444 e. The molecule has 122 valence electrons. The molecule has 1 saturated heterocycles. The number of hydrogen-bond acceptors (Lipinski definition) is 3. The Bertz CT molecular complexity index is 390. The van der Waals surface area contributed by atoms with Crippen LogP contribution in [0.5, 0.6) is 0 Å². The molecule has 2 unspecified atom stereocenters. The third-order valence-corrected chi connectivity index (χ3v) is 3.86. The molecular formula is C17H31NO3. The van der Waals surface area contributed by atoms with Crippen molar-refractivity contribution in [1.82, 2.24) is 4.90 Å². The van der Waals surface area contributed by atoms with Crippen molar-refractivity contribution in [1.29, 1.82) is 0 Å². The van der Waals surface area contributed by atoms with E-state index in [1.165, 1.54) is 0 Å². The number of likely N-dealkylation sites (tertiary alicyclic amines) is 1. The van der Waals surface area contributed by atoms with Gasteiger partial charge in [0.15, 0.2) is 0 Å². The fourth-order valence-corrected chi connectivity index (χ4v) is 2.53. The molecule has 1 rings (SSSR count). The van der Waals surface area contributed by atoms with Gasteiger partial charge in [-0.2, -0.15) is 0 Å². The standard InChI is InChI=1S/C17H31NO3/c1-12-8-9-18(15(20)21-17(5,6)7)13(10-12)11-14(19)16(2,3)4/h12-13H,8-11H2,1-7H3. The third-order valence-electron chi connectivity index (χ3n) is 3.86. The van der Waals surface area contributed by atoms with Crippen molar-refractivity contribution in [3.05, 3.63) is 0 Å². The van der Waals surface area contributed by atoms with Gasteiger partial charge in [-0.15, -0.1) is 0 Å². The van der Waals surface area contributed by atoms with E-state index >= 15 is 0 Å². The summed E-state index contributed by atoms with van der Waals surface area (Å²) >= 11 is 0. The zero-order valence-electron chi connectivity index (χ0n) is 14.7. The molecule has 0 aromatic carbocycles. The van der Waals surface area contributed by atoms with Crippen LogP contribution in [0, 0.1) is 11.3 Å². The number of carbonyl (C=O) groups excluding carboxylic acids is 2. The summed E-state index contributed by atoms with van der Waals surface area (Å²) < 4.78 is 5.49. The number of amides is 1. The van der Waals surface area contributed by atoms with Gasteiger partial charge in [-0.05, 0) is 39.5 Å². The van der Waals surface area contributed by atoms with Crippen LogP contribution in [0.4, 0.5) is 4.79 Å². The first kappa shape index (κ1) is 18.0. The highest BCUT2D eigenvalue weighted by molar-refractivity contribution is 5.84. The summed E-state index contributed by atoms with van der Waals surface area (Å²) in [6, 6.07) is -0.0321. The van der Waals surface area contributed by atoms with Gasteiger partial charge in [-0.1, -0.05) is 27.7 Å². The summed E-state index contributed by atoms with van der Waals surface area (Å²) in [6.07, 6.45) is 1.98. The second-order valence-corrected chi connectivity index (χ2v) is 8.33. The van der Waals surface area contributed by atoms with Crippen LogP contribution in [-0.2, 0) is 9.53 Å². The van der Waals surface area contributed by atoms with E-state index in [1.807, 2.05) is 41.5 Å². The van der Waals surface area contributed by atoms with E-state index < -0.39 is 5.60 Å². The fourth-order valence-electron chi connectivity index (χ4n) is 2.53. The van der Waals surface area contributed by atoms with Crippen LogP contribution in [0.15, 0.2) is 0 Å². The third kappa shape index (κ3) is 5.68. The zero-order chi connectivity index (χ0) is 16.4. The number of rotatable bonds is 2. The Morgan fingerprint density at radius 2 is 1.71 bits per heavy atom. The van der Waals surface area contributed by atoms with Gasteiger partial charge in [-0.3, -0.25) is 4.79 Å². The van der Waals surface area contributed by atoms with E-state index in [0.29, 0.717) is 18.9 Å². The first-order valence-corrected chi connectivity index (χ1v) is 7.93. The minimum absolute atomic E-state index is 0.0321. The monoisotopic (exact) mass is 297 g/mol. The summed E-state index contributed by atoms with van der Waals surface area (Å²) in [6.45, 7) is 14.3. The summed E-state index contributed by atoms with van der Waals surface area (Å²) in [5.74, 6) is 0.747. The molecule has 1 heterocycles. The van der Waals surface area contributed by atoms with Crippen molar-refractivity contribution in [3.8, 4) is 0 Å². The quantitative estimate of drug-likeness (QED) is 0.773. The van der Waals surface area contributed by atoms with Crippen LogP contribution in [0.3, 0.4) is 0 Å². The minimum atomic E-state index is -0.501. The first-order valence-electron chi connectivity index (χ1n) is 7.93. The summed E-state index contributed by atoms with van der Waals surface area (Å²) in [4.78, 5) is 26.4. The topological polar surface area (TPSA) is 46.6 Å². The summed E-state index contributed by atoms with van der Waals surface area (Å²) in [7, 11) is 0. The van der Waals surface area contributed by atoms with E-state index in [4.69, 9.17) is 4.74 Å². The molecule has 0 radical (unpaired) electrons. The van der Waals surface area contributed by atoms with E-state index in [2.05, 4.69) is 6.92 Å². The number of nitrogens with zero attached hydrogens (tertiary/aromatic N) is 1. The molecule has 0 spiro atoms. The van der Waals surface area contributed by atoms with Crippen LogP contribution in [0.1, 0.15) is 67.7 Å². The lowest BCUT2D eigenvalue weighted by Gasteiger charge is -2.39. The maximum absolute atomic E-state index is 12.4. The molecule has 2 atom stereocenters. The molecule has 0 saturated carbocycles. The SMILES string of the molecule is CC1CCN(C(=O)OC(C)(C)C)C(CC(=O)C(C)(C)C)C1. The van der Waals surface area contributed by atoms with Crippen molar-refractivity contribution in [2.45, 2.75) is 79.4 Å². The van der Waals surface area contributed by atoms with E-state index in [9.17, 15) is 9.59 Å². The van der Waals surface area contributed by atoms with E-state index in [0.717, 1.165) is 12.8 Å². The van der Waals surface area contributed by atoms with Crippen molar-refractivity contribution >= 4 is 11.9 Å². The Labute approximate surface area is 129 Å². The normalized spacial score (nSPS) is 23.9. The average Bonchev–Trinajstić information content (AvgIpc) is 2.24. The van der Waals surface area contributed by atoms with E-state index in [1.54, 1.807) is 4.90 Å². The lowest BCUT2D eigenvalue weighted by molar-refractivity contribution is -0.127. The number of ketones is 1. The summed E-state index contributed by atoms with van der Waals surface area (Å²) in [5, 5.41) is 0. The number of piperidine rings is 1. The number of carbonyl (C=O) groups is 2. The molecule has 1 aliphatic heterocycles. The lowest BCUT2D eigenvalue weighted by Crippen LogP contribution is -2.49. The van der Waals surface area contributed by atoms with Gasteiger partial charge >= 0.3 is 6.09 Å². The van der Waals surface area contributed by atoms with Crippen molar-refractivity contribution in [2.75, 3.05) is 6.54 Å². The molecule has 0 aliphatic carbocycles. The van der Waals surface area contributed by atoms with Crippen LogP contribution in [-0.4, -0.2) is 35.0 Å².